The van der Waals surface area contributed by atoms with Gasteiger partial charge in [0.2, 0.25) is 0 Å². The van der Waals surface area contributed by atoms with Crippen LogP contribution < -0.4 is 5.32 Å². The zero-order valence-corrected chi connectivity index (χ0v) is 13.7. The lowest BCUT2D eigenvalue weighted by Crippen LogP contribution is -2.56. The number of alkyl carbamates (subject to hydrolysis) is 1. The Morgan fingerprint density at radius 1 is 1.45 bits per heavy atom. The van der Waals surface area contributed by atoms with Gasteiger partial charge in [-0.1, -0.05) is 11.8 Å². The van der Waals surface area contributed by atoms with Crippen LogP contribution in [0.15, 0.2) is 4.99 Å². The van der Waals surface area contributed by atoms with Crippen LogP contribution in [0.25, 0.3) is 0 Å². The highest BCUT2D eigenvalue weighted by Gasteiger charge is 2.48. The van der Waals surface area contributed by atoms with Crippen LogP contribution in [0.5, 0.6) is 0 Å². The molecule has 2 heterocycles. The molecule has 5 atom stereocenters. The molecule has 1 saturated heterocycles. The number of amidine groups is 1. The highest BCUT2D eigenvalue weighted by molar-refractivity contribution is 8.14. The minimum absolute atomic E-state index is 0.118. The zero-order chi connectivity index (χ0) is 16.3. The van der Waals surface area contributed by atoms with Crippen LogP contribution in [0.3, 0.4) is 0 Å². The van der Waals surface area contributed by atoms with Crippen molar-refractivity contribution in [3.63, 3.8) is 0 Å². The van der Waals surface area contributed by atoms with Crippen LogP contribution >= 0.6 is 11.8 Å². The van der Waals surface area contributed by atoms with Gasteiger partial charge in [-0.2, -0.15) is 0 Å². The van der Waals surface area contributed by atoms with E-state index in [2.05, 4.69) is 10.3 Å². The van der Waals surface area contributed by atoms with Crippen molar-refractivity contribution in [1.82, 2.24) is 10.2 Å². The molecule has 0 aromatic heterocycles. The summed E-state index contributed by atoms with van der Waals surface area (Å²) in [5.74, 6) is 0. The molecule has 0 spiro atoms. The Morgan fingerprint density at radius 3 is 2.82 bits per heavy atom. The van der Waals surface area contributed by atoms with Gasteiger partial charge in [0.1, 0.15) is 36.4 Å². The quantitative estimate of drug-likeness (QED) is 0.643. The van der Waals surface area contributed by atoms with Crippen LogP contribution in [-0.4, -0.2) is 82.9 Å². The minimum Gasteiger partial charge on any atom is -0.447 e. The fraction of sp³-hybridized carbons (Fsp3) is 0.846. The molecule has 9 heteroatoms. The van der Waals surface area contributed by atoms with Crippen LogP contribution in [0.2, 0.25) is 0 Å². The van der Waals surface area contributed by atoms with Crippen molar-refractivity contribution < 1.29 is 24.5 Å². The molecule has 5 unspecified atom stereocenters. The smallest absolute Gasteiger partial charge is 0.407 e. The van der Waals surface area contributed by atoms with E-state index in [1.807, 2.05) is 18.9 Å². The monoisotopic (exact) mass is 333 g/mol. The summed E-state index contributed by atoms with van der Waals surface area (Å²) in [5.41, 5.74) is -0.384. The maximum atomic E-state index is 11.3. The highest BCUT2D eigenvalue weighted by atomic mass is 32.2. The molecular formula is C13H23N3O5S. The average molecular weight is 333 g/mol. The predicted octanol–water partition coefficient (Wildman–Crippen LogP) is -0.398. The summed E-state index contributed by atoms with van der Waals surface area (Å²) in [6.45, 7) is 4.90. The van der Waals surface area contributed by atoms with Crippen molar-refractivity contribution in [3.8, 4) is 0 Å². The summed E-state index contributed by atoms with van der Waals surface area (Å²) in [6, 6.07) is -0.510. The summed E-state index contributed by atoms with van der Waals surface area (Å²) in [6.07, 6.45) is -3.53. The van der Waals surface area contributed by atoms with Gasteiger partial charge < -0.3 is 29.9 Å². The molecule has 1 amide bonds. The average Bonchev–Trinajstić information content (AvgIpc) is 2.93. The number of thioether (sulfide) groups is 1. The SMILES string of the molecule is CCNC(=O)OCC1OC2SC(N(C)CC)=NC2C(O)C1O. The lowest BCUT2D eigenvalue weighted by Gasteiger charge is -2.37. The molecule has 0 saturated carbocycles. The van der Waals surface area contributed by atoms with Gasteiger partial charge in [0, 0.05) is 20.1 Å². The van der Waals surface area contributed by atoms with Gasteiger partial charge in [-0.05, 0) is 13.8 Å². The van der Waals surface area contributed by atoms with E-state index in [0.29, 0.717) is 6.54 Å². The van der Waals surface area contributed by atoms with Gasteiger partial charge >= 0.3 is 6.09 Å². The number of rotatable bonds is 4. The first kappa shape index (κ1) is 17.3. The fourth-order valence-corrected chi connectivity index (χ4v) is 3.49. The van der Waals surface area contributed by atoms with Crippen LogP contribution in [0.4, 0.5) is 4.79 Å². The number of ether oxygens (including phenoxy) is 2. The molecule has 0 bridgehead atoms. The number of aliphatic hydroxyl groups excluding tert-OH is 2. The Bertz CT molecular complexity index is 436. The van der Waals surface area contributed by atoms with Crippen molar-refractivity contribution in [3.05, 3.63) is 0 Å². The summed E-state index contributed by atoms with van der Waals surface area (Å²) in [7, 11) is 1.90. The Kier molecular flexibility index (Phi) is 5.90. The molecule has 126 valence electrons. The third kappa shape index (κ3) is 3.65. The maximum Gasteiger partial charge on any atom is 0.407 e. The van der Waals surface area contributed by atoms with E-state index in [1.165, 1.54) is 11.8 Å². The second-order valence-electron chi connectivity index (χ2n) is 5.19. The molecule has 2 aliphatic heterocycles. The van der Waals surface area contributed by atoms with E-state index in [-0.39, 0.29) is 12.0 Å². The number of nitrogens with one attached hydrogen (secondary N) is 1. The Morgan fingerprint density at radius 2 is 2.18 bits per heavy atom. The summed E-state index contributed by atoms with van der Waals surface area (Å²) < 4.78 is 10.7. The van der Waals surface area contributed by atoms with E-state index in [1.54, 1.807) is 6.92 Å². The number of hydrogen-bond acceptors (Lipinski definition) is 8. The van der Waals surface area contributed by atoms with Crippen LogP contribution in [0, 0.1) is 0 Å². The molecular weight excluding hydrogens is 310 g/mol. The molecule has 2 aliphatic rings. The lowest BCUT2D eigenvalue weighted by atomic mass is 9.99. The zero-order valence-electron chi connectivity index (χ0n) is 12.9. The van der Waals surface area contributed by atoms with Gasteiger partial charge in [-0.25, -0.2) is 4.79 Å². The lowest BCUT2D eigenvalue weighted by molar-refractivity contribution is -0.164. The Labute approximate surface area is 133 Å². The van der Waals surface area contributed by atoms with Crippen LogP contribution in [0.1, 0.15) is 13.8 Å². The molecule has 0 radical (unpaired) electrons. The van der Waals surface area contributed by atoms with E-state index in [4.69, 9.17) is 9.47 Å². The molecule has 8 nitrogen and oxygen atoms in total. The van der Waals surface area contributed by atoms with Gasteiger partial charge in [0.05, 0.1) is 0 Å². The largest absolute Gasteiger partial charge is 0.447 e. The topological polar surface area (TPSA) is 104 Å². The maximum absolute atomic E-state index is 11.3. The number of nitrogens with zero attached hydrogens (tertiary/aromatic N) is 2. The van der Waals surface area contributed by atoms with Crippen molar-refractivity contribution in [1.29, 1.82) is 0 Å². The first-order valence-electron chi connectivity index (χ1n) is 7.35. The molecule has 22 heavy (non-hydrogen) atoms. The molecule has 3 N–H and O–H groups in total. The Balaban J connectivity index is 1.96. The number of amides is 1. The van der Waals surface area contributed by atoms with Gasteiger partial charge in [-0.15, -0.1) is 0 Å². The fourth-order valence-electron chi connectivity index (χ4n) is 2.23. The molecule has 0 aromatic rings. The van der Waals surface area contributed by atoms with E-state index >= 15 is 0 Å². The highest BCUT2D eigenvalue weighted by Crippen LogP contribution is 2.37. The number of carbonyl (C=O) groups is 1. The summed E-state index contributed by atoms with van der Waals surface area (Å²) in [5, 5.41) is 23.6. The van der Waals surface area contributed by atoms with Crippen molar-refractivity contribution in [2.75, 3.05) is 26.7 Å². The first-order valence-corrected chi connectivity index (χ1v) is 8.23. The first-order chi connectivity index (χ1) is 10.5. The number of carbonyl (C=O) groups excluding carboxylic acids is 1. The second kappa shape index (κ2) is 7.49. The van der Waals surface area contributed by atoms with Crippen LogP contribution in [-0.2, 0) is 9.47 Å². The predicted molar refractivity (Wildman–Crippen MR) is 82.8 cm³/mol. The third-order valence-corrected chi connectivity index (χ3v) is 4.90. The second-order valence-corrected chi connectivity index (χ2v) is 6.25. The van der Waals surface area contributed by atoms with Crippen molar-refractivity contribution in [2.24, 2.45) is 4.99 Å². The molecule has 0 aliphatic carbocycles. The minimum atomic E-state index is -1.15. The standard InChI is InChI=1S/C13H23N3O5S/c1-4-14-13(19)20-6-7-9(17)10(18)8-11(21-7)22-12(15-8)16(3)5-2/h7-11,17-18H,4-6H2,1-3H3,(H,14,19). The van der Waals surface area contributed by atoms with Gasteiger partial charge in [0.15, 0.2) is 5.17 Å². The summed E-state index contributed by atoms with van der Waals surface area (Å²) >= 11 is 1.41. The van der Waals surface area contributed by atoms with E-state index < -0.39 is 30.4 Å². The van der Waals surface area contributed by atoms with Gasteiger partial charge in [0.25, 0.3) is 0 Å². The Hall–Kier alpha value is -1.03. The number of aliphatic imine (C=N–C) groups is 1. The number of aliphatic hydroxyl groups is 2. The van der Waals surface area contributed by atoms with E-state index in [9.17, 15) is 15.0 Å². The van der Waals surface area contributed by atoms with Crippen molar-refractivity contribution in [2.45, 2.75) is 43.6 Å². The van der Waals surface area contributed by atoms with E-state index in [0.717, 1.165) is 11.7 Å². The molecule has 1 fully saturated rings. The normalized spacial score (nSPS) is 33.9. The van der Waals surface area contributed by atoms with Crippen molar-refractivity contribution >= 4 is 23.0 Å². The number of fused-ring (bicyclic) bond motifs is 1. The third-order valence-electron chi connectivity index (χ3n) is 3.65. The molecule has 0 aromatic carbocycles. The van der Waals surface area contributed by atoms with Gasteiger partial charge in [-0.3, -0.25) is 4.99 Å². The number of hydrogen-bond donors (Lipinski definition) is 3. The molecule has 2 rings (SSSR count). The summed E-state index contributed by atoms with van der Waals surface area (Å²) in [4.78, 5) is 17.7.